The van der Waals surface area contributed by atoms with Crippen molar-refractivity contribution in [2.45, 2.75) is 32.4 Å². The molecule has 26 heavy (non-hydrogen) atoms. The molecule has 2 aromatic rings. The highest BCUT2D eigenvalue weighted by Crippen LogP contribution is 2.24. The van der Waals surface area contributed by atoms with Gasteiger partial charge in [0.25, 0.3) is 0 Å². The molecular formula is C17H20ClN5O3. The molecule has 1 saturated heterocycles. The number of carbonyl (C=O) groups excluding carboxylic acids is 2. The molecule has 0 saturated carbocycles. The topological polar surface area (TPSA) is 91.6 Å². The molecule has 1 atom stereocenters. The standard InChI is InChI=1S/C17H20ClN5O3/c1-3-14-20-21-15(26-14)10-22(2)17(25)19-12-8-16(24)23(9-12)13-6-4-5-11(18)7-13/h4-7,12H,3,8-10H2,1-2H3,(H,19,25)/t12-/m0/s1. The molecule has 3 rings (SSSR count). The Bertz CT molecular complexity index is 809. The van der Waals surface area contributed by atoms with E-state index in [9.17, 15) is 9.59 Å². The minimum absolute atomic E-state index is 0.0512. The molecule has 1 aromatic heterocycles. The van der Waals surface area contributed by atoms with Gasteiger partial charge in [0.05, 0.1) is 6.04 Å². The smallest absolute Gasteiger partial charge is 0.317 e. The van der Waals surface area contributed by atoms with Crippen molar-refractivity contribution in [2.24, 2.45) is 0 Å². The Hall–Kier alpha value is -2.61. The molecule has 0 unspecified atom stereocenters. The third-order valence-corrected chi connectivity index (χ3v) is 4.34. The van der Waals surface area contributed by atoms with E-state index in [0.717, 1.165) is 5.69 Å². The Morgan fingerprint density at radius 3 is 2.88 bits per heavy atom. The normalized spacial score (nSPS) is 16.8. The van der Waals surface area contributed by atoms with Gasteiger partial charge < -0.3 is 19.5 Å². The molecule has 8 nitrogen and oxygen atoms in total. The summed E-state index contributed by atoms with van der Waals surface area (Å²) in [6.45, 7) is 2.52. The molecule has 3 amide bonds. The van der Waals surface area contributed by atoms with Crippen LogP contribution in [0.2, 0.25) is 5.02 Å². The summed E-state index contributed by atoms with van der Waals surface area (Å²) in [7, 11) is 1.64. The number of halogens is 1. The first kappa shape index (κ1) is 18.2. The van der Waals surface area contributed by atoms with E-state index in [1.165, 1.54) is 4.90 Å². The molecular weight excluding hydrogens is 358 g/mol. The number of hydrogen-bond acceptors (Lipinski definition) is 5. The maximum Gasteiger partial charge on any atom is 0.317 e. The number of amides is 3. The van der Waals surface area contributed by atoms with Gasteiger partial charge >= 0.3 is 6.03 Å². The van der Waals surface area contributed by atoms with Crippen molar-refractivity contribution in [3.8, 4) is 0 Å². The lowest BCUT2D eigenvalue weighted by Gasteiger charge is -2.20. The highest BCUT2D eigenvalue weighted by molar-refractivity contribution is 6.30. The molecule has 0 aliphatic carbocycles. The van der Waals surface area contributed by atoms with E-state index in [4.69, 9.17) is 16.0 Å². The summed E-state index contributed by atoms with van der Waals surface area (Å²) in [4.78, 5) is 27.7. The quantitative estimate of drug-likeness (QED) is 0.862. The van der Waals surface area contributed by atoms with Crippen molar-refractivity contribution in [1.29, 1.82) is 0 Å². The van der Waals surface area contributed by atoms with Crippen LogP contribution in [-0.2, 0) is 17.8 Å². The Morgan fingerprint density at radius 1 is 1.42 bits per heavy atom. The second kappa shape index (κ2) is 7.74. The fourth-order valence-corrected chi connectivity index (χ4v) is 2.94. The molecule has 1 aromatic carbocycles. The summed E-state index contributed by atoms with van der Waals surface area (Å²) >= 11 is 5.99. The van der Waals surface area contributed by atoms with Gasteiger partial charge in [0.2, 0.25) is 17.7 Å². The second-order valence-electron chi connectivity index (χ2n) is 6.13. The maximum absolute atomic E-state index is 12.4. The lowest BCUT2D eigenvalue weighted by molar-refractivity contribution is -0.117. The summed E-state index contributed by atoms with van der Waals surface area (Å²) in [6.07, 6.45) is 0.888. The molecule has 0 spiro atoms. The molecule has 9 heteroatoms. The molecule has 0 bridgehead atoms. The number of aryl methyl sites for hydroxylation is 1. The summed E-state index contributed by atoms with van der Waals surface area (Å²) in [6, 6.07) is 6.52. The third-order valence-electron chi connectivity index (χ3n) is 4.10. The van der Waals surface area contributed by atoms with Gasteiger partial charge in [-0.1, -0.05) is 24.6 Å². The van der Waals surface area contributed by atoms with Gasteiger partial charge in [-0.3, -0.25) is 4.79 Å². The van der Waals surface area contributed by atoms with Gasteiger partial charge in [-0.05, 0) is 18.2 Å². The first-order valence-electron chi connectivity index (χ1n) is 8.35. The zero-order valence-electron chi connectivity index (χ0n) is 14.6. The molecule has 1 aliphatic heterocycles. The van der Waals surface area contributed by atoms with Crippen LogP contribution in [0, 0.1) is 0 Å². The molecule has 1 N–H and O–H groups in total. The molecule has 138 valence electrons. The number of carbonyl (C=O) groups is 2. The number of benzene rings is 1. The second-order valence-corrected chi connectivity index (χ2v) is 6.57. The van der Waals surface area contributed by atoms with Gasteiger partial charge in [0.1, 0.15) is 6.54 Å². The van der Waals surface area contributed by atoms with Gasteiger partial charge in [-0.15, -0.1) is 10.2 Å². The van der Waals surface area contributed by atoms with E-state index in [2.05, 4.69) is 15.5 Å². The van der Waals surface area contributed by atoms with Crippen LogP contribution >= 0.6 is 11.6 Å². The summed E-state index contributed by atoms with van der Waals surface area (Å²) in [5.74, 6) is 0.861. The number of rotatable bonds is 5. The van der Waals surface area contributed by atoms with Crippen LogP contribution in [0.5, 0.6) is 0 Å². The average molecular weight is 378 g/mol. The largest absolute Gasteiger partial charge is 0.423 e. The predicted octanol–water partition coefficient (Wildman–Crippen LogP) is 2.23. The minimum atomic E-state index is -0.299. The van der Waals surface area contributed by atoms with Gasteiger partial charge in [0.15, 0.2) is 0 Å². The van der Waals surface area contributed by atoms with E-state index in [1.807, 2.05) is 13.0 Å². The highest BCUT2D eigenvalue weighted by Gasteiger charge is 2.32. The zero-order chi connectivity index (χ0) is 18.7. The fourth-order valence-electron chi connectivity index (χ4n) is 2.75. The van der Waals surface area contributed by atoms with Crippen molar-refractivity contribution < 1.29 is 14.0 Å². The predicted molar refractivity (Wildman–Crippen MR) is 95.9 cm³/mol. The summed E-state index contributed by atoms with van der Waals surface area (Å²) < 4.78 is 5.41. The van der Waals surface area contributed by atoms with Crippen LogP contribution < -0.4 is 10.2 Å². The van der Waals surface area contributed by atoms with Crippen molar-refractivity contribution in [3.05, 3.63) is 41.1 Å². The molecule has 1 aliphatic rings. The van der Waals surface area contributed by atoms with Gasteiger partial charge in [-0.2, -0.15) is 0 Å². The lowest BCUT2D eigenvalue weighted by Crippen LogP contribution is -2.44. The van der Waals surface area contributed by atoms with Crippen LogP contribution in [0.3, 0.4) is 0 Å². The van der Waals surface area contributed by atoms with Crippen LogP contribution in [0.15, 0.2) is 28.7 Å². The SMILES string of the molecule is CCc1nnc(CN(C)C(=O)N[C@H]2CC(=O)N(c3cccc(Cl)c3)C2)o1. The Kier molecular flexibility index (Phi) is 5.41. The average Bonchev–Trinajstić information content (AvgIpc) is 3.21. The lowest BCUT2D eigenvalue weighted by atomic mass is 10.2. The minimum Gasteiger partial charge on any atom is -0.423 e. The number of nitrogens with one attached hydrogen (secondary N) is 1. The van der Waals surface area contributed by atoms with E-state index >= 15 is 0 Å². The Labute approximate surface area is 156 Å². The van der Waals surface area contributed by atoms with Crippen molar-refractivity contribution >= 4 is 29.2 Å². The van der Waals surface area contributed by atoms with Crippen LogP contribution in [0.4, 0.5) is 10.5 Å². The number of nitrogens with zero attached hydrogens (tertiary/aromatic N) is 4. The number of hydrogen-bond donors (Lipinski definition) is 1. The number of anilines is 1. The Balaban J connectivity index is 1.57. The fraction of sp³-hybridized carbons (Fsp3) is 0.412. The van der Waals surface area contributed by atoms with Gasteiger partial charge in [0, 0.05) is 37.1 Å². The number of aromatic nitrogens is 2. The third kappa shape index (κ3) is 4.13. The monoisotopic (exact) mass is 377 g/mol. The first-order valence-corrected chi connectivity index (χ1v) is 8.73. The highest BCUT2D eigenvalue weighted by atomic mass is 35.5. The van der Waals surface area contributed by atoms with Crippen LogP contribution in [0.25, 0.3) is 0 Å². The van der Waals surface area contributed by atoms with E-state index in [1.54, 1.807) is 30.1 Å². The van der Waals surface area contributed by atoms with E-state index < -0.39 is 0 Å². The maximum atomic E-state index is 12.4. The zero-order valence-corrected chi connectivity index (χ0v) is 15.4. The van der Waals surface area contributed by atoms with Gasteiger partial charge in [-0.25, -0.2) is 4.79 Å². The Morgan fingerprint density at radius 2 is 2.19 bits per heavy atom. The molecule has 0 radical (unpaired) electrons. The van der Waals surface area contributed by atoms with Crippen molar-refractivity contribution in [1.82, 2.24) is 20.4 Å². The van der Waals surface area contributed by atoms with E-state index in [-0.39, 0.29) is 30.9 Å². The summed E-state index contributed by atoms with van der Waals surface area (Å²) in [5, 5.41) is 11.2. The summed E-state index contributed by atoms with van der Waals surface area (Å²) in [5.41, 5.74) is 0.727. The number of urea groups is 1. The van der Waals surface area contributed by atoms with Crippen molar-refractivity contribution in [2.75, 3.05) is 18.5 Å². The molecule has 2 heterocycles. The van der Waals surface area contributed by atoms with Crippen LogP contribution in [0.1, 0.15) is 25.1 Å². The van der Waals surface area contributed by atoms with Crippen LogP contribution in [-0.4, -0.2) is 46.7 Å². The van der Waals surface area contributed by atoms with Crippen molar-refractivity contribution in [3.63, 3.8) is 0 Å². The molecule has 1 fully saturated rings. The first-order chi connectivity index (χ1) is 12.5. The van der Waals surface area contributed by atoms with E-state index in [0.29, 0.717) is 29.8 Å².